The fraction of sp³-hybridized carbons (Fsp3) is 1.00. The maximum absolute atomic E-state index is 9.85. The summed E-state index contributed by atoms with van der Waals surface area (Å²) in [6.45, 7) is 2.57. The molecule has 5 N–H and O–H groups in total. The van der Waals surface area contributed by atoms with Gasteiger partial charge in [-0.05, 0) is 19.3 Å². The minimum Gasteiger partial charge on any atom is -0.396 e. The molecular formula is C18H41NO2. The van der Waals surface area contributed by atoms with Crippen molar-refractivity contribution in [2.75, 3.05) is 6.61 Å². The van der Waals surface area contributed by atoms with E-state index in [1.807, 2.05) is 0 Å². The topological polar surface area (TPSA) is 75.5 Å². The quantitative estimate of drug-likeness (QED) is 0.335. The molecule has 0 aliphatic heterocycles. The molecule has 0 aliphatic rings. The van der Waals surface area contributed by atoms with Gasteiger partial charge in [0.15, 0.2) is 0 Å². The zero-order chi connectivity index (χ0) is 14.9. The Morgan fingerprint density at radius 3 is 1.43 bits per heavy atom. The van der Waals surface area contributed by atoms with Crippen molar-refractivity contribution in [3.05, 3.63) is 0 Å². The monoisotopic (exact) mass is 303 g/mol. The molecule has 0 aliphatic carbocycles. The summed E-state index contributed by atoms with van der Waals surface area (Å²) in [7, 11) is 0. The third-order valence-corrected chi connectivity index (χ3v) is 4.09. The molecule has 1 unspecified atom stereocenters. The fourth-order valence-corrected chi connectivity index (χ4v) is 2.68. The van der Waals surface area contributed by atoms with Crippen molar-refractivity contribution < 1.29 is 10.2 Å². The maximum Gasteiger partial charge on any atom is 0.0540 e. The molecule has 0 amide bonds. The third-order valence-electron chi connectivity index (χ3n) is 4.09. The highest BCUT2D eigenvalue weighted by molar-refractivity contribution is 4.57. The average Bonchev–Trinajstić information content (AvgIpc) is 2.45. The van der Waals surface area contributed by atoms with Gasteiger partial charge >= 0.3 is 0 Å². The van der Waals surface area contributed by atoms with Crippen LogP contribution in [0.5, 0.6) is 0 Å². The lowest BCUT2D eigenvalue weighted by molar-refractivity contribution is 0.147. The van der Waals surface area contributed by atoms with E-state index in [1.165, 1.54) is 77.0 Å². The Labute approximate surface area is 133 Å². The van der Waals surface area contributed by atoms with Gasteiger partial charge in [0.05, 0.1) is 6.10 Å². The molecule has 21 heavy (non-hydrogen) atoms. The first-order chi connectivity index (χ1) is 9.81. The van der Waals surface area contributed by atoms with Gasteiger partial charge in [-0.2, -0.15) is 0 Å². The Balaban J connectivity index is 0. The first-order valence-electron chi connectivity index (χ1n) is 9.10. The van der Waals surface area contributed by atoms with E-state index in [9.17, 15) is 5.11 Å². The van der Waals surface area contributed by atoms with Gasteiger partial charge in [0, 0.05) is 6.61 Å². The van der Waals surface area contributed by atoms with Crippen LogP contribution in [0.15, 0.2) is 0 Å². The van der Waals surface area contributed by atoms with Gasteiger partial charge in [0.25, 0.3) is 0 Å². The van der Waals surface area contributed by atoms with Crippen LogP contribution in [0.2, 0.25) is 0 Å². The molecule has 0 aromatic rings. The summed E-state index contributed by atoms with van der Waals surface area (Å²) in [6.07, 6.45) is 18.2. The molecule has 0 saturated carbocycles. The smallest absolute Gasteiger partial charge is 0.0540 e. The first-order valence-corrected chi connectivity index (χ1v) is 9.10. The lowest BCUT2D eigenvalue weighted by Gasteiger charge is -2.10. The molecule has 0 fully saturated rings. The van der Waals surface area contributed by atoms with Crippen LogP contribution in [0.25, 0.3) is 0 Å². The standard InChI is InChI=1S/C18H38O2.H3N/c1-2-3-4-12-15-18(20)16-13-10-8-6-5-7-9-11-14-17-19;/h18-20H,2-17H2,1H3;1H3. The van der Waals surface area contributed by atoms with E-state index in [2.05, 4.69) is 6.92 Å². The van der Waals surface area contributed by atoms with Crippen LogP contribution >= 0.6 is 0 Å². The zero-order valence-corrected chi connectivity index (χ0v) is 14.5. The molecule has 0 radical (unpaired) electrons. The molecule has 0 saturated heterocycles. The fourth-order valence-electron chi connectivity index (χ4n) is 2.68. The van der Waals surface area contributed by atoms with Crippen LogP contribution in [-0.2, 0) is 0 Å². The van der Waals surface area contributed by atoms with E-state index < -0.39 is 0 Å². The van der Waals surface area contributed by atoms with Crippen molar-refractivity contribution in [3.8, 4) is 0 Å². The molecule has 0 bridgehead atoms. The predicted octanol–water partition coefficient (Wildman–Crippen LogP) is 5.37. The second-order valence-corrected chi connectivity index (χ2v) is 6.20. The highest BCUT2D eigenvalue weighted by atomic mass is 16.3. The van der Waals surface area contributed by atoms with E-state index in [0.29, 0.717) is 6.61 Å². The van der Waals surface area contributed by atoms with Gasteiger partial charge < -0.3 is 16.4 Å². The number of hydrogen-bond donors (Lipinski definition) is 3. The lowest BCUT2D eigenvalue weighted by atomic mass is 10.0. The summed E-state index contributed by atoms with van der Waals surface area (Å²) in [5.41, 5.74) is 0. The Kier molecular flexibility index (Phi) is 21.9. The molecule has 0 aromatic heterocycles. The summed E-state index contributed by atoms with van der Waals surface area (Å²) in [4.78, 5) is 0. The zero-order valence-electron chi connectivity index (χ0n) is 14.5. The van der Waals surface area contributed by atoms with Crippen LogP contribution < -0.4 is 6.15 Å². The first kappa shape index (κ1) is 23.2. The molecule has 0 spiro atoms. The van der Waals surface area contributed by atoms with Crippen molar-refractivity contribution in [2.45, 2.75) is 109 Å². The van der Waals surface area contributed by atoms with Crippen LogP contribution in [0, 0.1) is 0 Å². The summed E-state index contributed by atoms with van der Waals surface area (Å²) in [5.74, 6) is 0. The summed E-state index contributed by atoms with van der Waals surface area (Å²) in [6, 6.07) is 0. The largest absolute Gasteiger partial charge is 0.396 e. The predicted molar refractivity (Wildman–Crippen MR) is 93.0 cm³/mol. The van der Waals surface area contributed by atoms with E-state index in [1.54, 1.807) is 0 Å². The minimum absolute atomic E-state index is 0. The summed E-state index contributed by atoms with van der Waals surface area (Å²) >= 11 is 0. The number of aliphatic hydroxyl groups excluding tert-OH is 2. The van der Waals surface area contributed by atoms with E-state index in [4.69, 9.17) is 5.11 Å². The molecule has 0 heterocycles. The van der Waals surface area contributed by atoms with E-state index in [0.717, 1.165) is 19.3 Å². The summed E-state index contributed by atoms with van der Waals surface area (Å²) in [5, 5.41) is 18.5. The van der Waals surface area contributed by atoms with Crippen molar-refractivity contribution in [1.82, 2.24) is 6.15 Å². The van der Waals surface area contributed by atoms with Gasteiger partial charge in [-0.3, -0.25) is 0 Å². The van der Waals surface area contributed by atoms with Crippen LogP contribution in [0.1, 0.15) is 103 Å². The van der Waals surface area contributed by atoms with Crippen molar-refractivity contribution in [3.63, 3.8) is 0 Å². The van der Waals surface area contributed by atoms with Gasteiger partial charge in [0.1, 0.15) is 0 Å². The molecule has 0 aromatic carbocycles. The van der Waals surface area contributed by atoms with Gasteiger partial charge in [-0.15, -0.1) is 0 Å². The molecule has 0 rings (SSSR count). The minimum atomic E-state index is -0.0506. The Morgan fingerprint density at radius 2 is 1.00 bits per heavy atom. The Morgan fingerprint density at radius 1 is 0.619 bits per heavy atom. The average molecular weight is 304 g/mol. The Bertz CT molecular complexity index is 177. The highest BCUT2D eigenvalue weighted by Crippen LogP contribution is 2.14. The van der Waals surface area contributed by atoms with Gasteiger partial charge in [0.2, 0.25) is 0 Å². The second-order valence-electron chi connectivity index (χ2n) is 6.20. The van der Waals surface area contributed by atoms with Crippen LogP contribution in [-0.4, -0.2) is 22.9 Å². The number of rotatable bonds is 16. The number of unbranched alkanes of at least 4 members (excludes halogenated alkanes) is 11. The number of hydrogen-bond acceptors (Lipinski definition) is 3. The molecule has 3 nitrogen and oxygen atoms in total. The van der Waals surface area contributed by atoms with E-state index >= 15 is 0 Å². The normalized spacial score (nSPS) is 12.1. The van der Waals surface area contributed by atoms with Crippen LogP contribution in [0.3, 0.4) is 0 Å². The van der Waals surface area contributed by atoms with Crippen molar-refractivity contribution in [1.29, 1.82) is 0 Å². The summed E-state index contributed by atoms with van der Waals surface area (Å²) < 4.78 is 0. The van der Waals surface area contributed by atoms with Gasteiger partial charge in [-0.25, -0.2) is 0 Å². The maximum atomic E-state index is 9.85. The molecular weight excluding hydrogens is 262 g/mol. The Hall–Kier alpha value is -0.120. The van der Waals surface area contributed by atoms with E-state index in [-0.39, 0.29) is 12.3 Å². The second kappa shape index (κ2) is 19.9. The van der Waals surface area contributed by atoms with Crippen molar-refractivity contribution in [2.24, 2.45) is 0 Å². The van der Waals surface area contributed by atoms with Gasteiger partial charge in [-0.1, -0.05) is 84.0 Å². The lowest BCUT2D eigenvalue weighted by Crippen LogP contribution is -2.05. The molecule has 1 atom stereocenters. The highest BCUT2D eigenvalue weighted by Gasteiger charge is 2.03. The molecule has 3 heteroatoms. The molecule has 130 valence electrons. The van der Waals surface area contributed by atoms with Crippen molar-refractivity contribution >= 4 is 0 Å². The third kappa shape index (κ3) is 19.9. The number of aliphatic hydroxyl groups is 2. The van der Waals surface area contributed by atoms with Crippen LogP contribution in [0.4, 0.5) is 0 Å². The SMILES string of the molecule is CCCCCCC(O)CCCCCCCCCCCO.N.